The lowest BCUT2D eigenvalue weighted by atomic mass is 9.91. The smallest absolute Gasteiger partial charge is 0.420 e. The van der Waals surface area contributed by atoms with Gasteiger partial charge < -0.3 is 43.4 Å². The molecule has 0 saturated carbocycles. The summed E-state index contributed by atoms with van der Waals surface area (Å²) in [5.41, 5.74) is 0.929. The molecule has 68 heavy (non-hydrogen) atoms. The molecule has 3 aromatic carbocycles. The number of ether oxygens (including phenoxy) is 7. The molecule has 8 atom stereocenters. The third-order valence-electron chi connectivity index (χ3n) is 12.0. The fourth-order valence-corrected chi connectivity index (χ4v) is 8.32. The number of hydrogen-bond acceptors (Lipinski definition) is 11. The largest absolute Gasteiger partial charge is 0.443 e. The van der Waals surface area contributed by atoms with Crippen LogP contribution in [0.1, 0.15) is 156 Å². The Morgan fingerprint density at radius 1 is 0.603 bits per heavy atom. The lowest BCUT2D eigenvalue weighted by Crippen LogP contribution is -2.60. The number of aliphatic hydroxyl groups is 2. The minimum Gasteiger partial charge on any atom is -0.443 e. The fourth-order valence-electron chi connectivity index (χ4n) is 8.32. The number of nitrogens with zero attached hydrogens (tertiary/aromatic N) is 1. The van der Waals surface area contributed by atoms with Crippen LogP contribution in [0.5, 0.6) is 0 Å². The van der Waals surface area contributed by atoms with Crippen LogP contribution in [0.15, 0.2) is 91.0 Å². The van der Waals surface area contributed by atoms with E-state index in [9.17, 15) is 19.8 Å². The Kier molecular flexibility index (Phi) is 25.0. The molecule has 2 amide bonds. The van der Waals surface area contributed by atoms with Gasteiger partial charge in [0, 0.05) is 5.92 Å². The van der Waals surface area contributed by atoms with Crippen molar-refractivity contribution in [1.29, 1.82) is 0 Å². The number of aliphatic hydroxyl groups excluding tert-OH is 2. The molecule has 3 aromatic rings. The molecule has 1 saturated heterocycles. The summed E-state index contributed by atoms with van der Waals surface area (Å²) in [6.45, 7) is 14.9. The van der Waals surface area contributed by atoms with Crippen molar-refractivity contribution in [3.8, 4) is 0 Å². The van der Waals surface area contributed by atoms with E-state index in [1.54, 1.807) is 41.5 Å². The van der Waals surface area contributed by atoms with Gasteiger partial charge in [0.05, 0.1) is 51.3 Å². The van der Waals surface area contributed by atoms with Gasteiger partial charge in [-0.1, -0.05) is 182 Å². The van der Waals surface area contributed by atoms with Gasteiger partial charge in [-0.25, -0.2) is 14.5 Å². The number of amides is 2. The SMILES string of the molecule is CCCCCCCCCCCCCC[C@@H](O)[C@H](O)[C@H](CO[C@H]1OC(COCc2ccccc2)[C@@H](OCc2ccccc2)[C@@H](OCc2ccccc2)[C@H]1C)N(C(=O)OC(C)(C)C)C(=O)OC(C)(C)C. The van der Waals surface area contributed by atoms with Crippen molar-refractivity contribution < 1.29 is 53.0 Å². The lowest BCUT2D eigenvalue weighted by Gasteiger charge is -2.46. The molecule has 2 N–H and O–H groups in total. The second-order valence-electron chi connectivity index (χ2n) is 20.4. The average molecular weight is 948 g/mol. The second-order valence-corrected chi connectivity index (χ2v) is 20.4. The van der Waals surface area contributed by atoms with Crippen molar-refractivity contribution in [3.05, 3.63) is 108 Å². The van der Waals surface area contributed by atoms with Crippen LogP contribution >= 0.6 is 0 Å². The molecule has 1 aliphatic rings. The molecule has 12 heteroatoms. The van der Waals surface area contributed by atoms with E-state index >= 15 is 0 Å². The lowest BCUT2D eigenvalue weighted by molar-refractivity contribution is -0.305. The molecule has 1 unspecified atom stereocenters. The molecule has 0 radical (unpaired) electrons. The summed E-state index contributed by atoms with van der Waals surface area (Å²) in [4.78, 5) is 29.0. The van der Waals surface area contributed by atoms with E-state index in [0.717, 1.165) is 40.9 Å². The van der Waals surface area contributed by atoms with Crippen molar-refractivity contribution >= 4 is 12.2 Å². The van der Waals surface area contributed by atoms with Gasteiger partial charge in [-0.15, -0.1) is 0 Å². The first-order chi connectivity index (χ1) is 32.6. The summed E-state index contributed by atoms with van der Waals surface area (Å²) >= 11 is 0. The predicted octanol–water partition coefficient (Wildman–Crippen LogP) is 12.1. The predicted molar refractivity (Wildman–Crippen MR) is 266 cm³/mol. The Morgan fingerprint density at radius 2 is 1.03 bits per heavy atom. The van der Waals surface area contributed by atoms with Gasteiger partial charge in [-0.05, 0) is 64.7 Å². The molecule has 12 nitrogen and oxygen atoms in total. The van der Waals surface area contributed by atoms with Crippen LogP contribution in [-0.2, 0) is 53.0 Å². The fraction of sp³-hybridized carbons (Fsp3) is 0.643. The highest BCUT2D eigenvalue weighted by Crippen LogP contribution is 2.34. The summed E-state index contributed by atoms with van der Waals surface area (Å²) in [6.07, 6.45) is 6.16. The van der Waals surface area contributed by atoms with Gasteiger partial charge in [0.25, 0.3) is 0 Å². The molecule has 0 aliphatic carbocycles. The number of carbonyl (C=O) groups is 2. The highest BCUT2D eigenvalue weighted by molar-refractivity contribution is 5.88. The highest BCUT2D eigenvalue weighted by atomic mass is 16.7. The quantitative estimate of drug-likeness (QED) is 0.0642. The zero-order chi connectivity index (χ0) is 49.4. The first-order valence-corrected chi connectivity index (χ1v) is 25.4. The Morgan fingerprint density at radius 3 is 1.49 bits per heavy atom. The summed E-state index contributed by atoms with van der Waals surface area (Å²) in [5, 5.41) is 23.7. The normalized spacial score (nSPS) is 20.1. The van der Waals surface area contributed by atoms with Crippen molar-refractivity contribution in [2.75, 3.05) is 13.2 Å². The van der Waals surface area contributed by atoms with Crippen molar-refractivity contribution in [2.24, 2.45) is 5.92 Å². The van der Waals surface area contributed by atoms with E-state index in [4.69, 9.17) is 33.2 Å². The molecule has 0 aromatic heterocycles. The summed E-state index contributed by atoms with van der Waals surface area (Å²) in [5.74, 6) is -0.481. The van der Waals surface area contributed by atoms with Crippen LogP contribution in [0.3, 0.4) is 0 Å². The second kappa shape index (κ2) is 30.0. The Bertz CT molecular complexity index is 1770. The van der Waals surface area contributed by atoms with Crippen LogP contribution in [-0.4, -0.2) is 94.6 Å². The minimum absolute atomic E-state index is 0.123. The van der Waals surface area contributed by atoms with Crippen LogP contribution in [0.2, 0.25) is 0 Å². The zero-order valence-corrected chi connectivity index (χ0v) is 42.5. The summed E-state index contributed by atoms with van der Waals surface area (Å²) in [6, 6.07) is 28.1. The maximum atomic E-state index is 14.1. The molecule has 1 aliphatic heterocycles. The van der Waals surface area contributed by atoms with Gasteiger partial charge in [0.1, 0.15) is 29.5 Å². The van der Waals surface area contributed by atoms with Crippen LogP contribution < -0.4 is 0 Å². The molecule has 380 valence electrons. The summed E-state index contributed by atoms with van der Waals surface area (Å²) < 4.78 is 44.7. The van der Waals surface area contributed by atoms with Crippen molar-refractivity contribution in [1.82, 2.24) is 4.90 Å². The molecule has 4 rings (SSSR count). The average Bonchev–Trinajstić information content (AvgIpc) is 3.30. The number of benzene rings is 3. The van der Waals surface area contributed by atoms with E-state index in [-0.39, 0.29) is 19.6 Å². The van der Waals surface area contributed by atoms with Gasteiger partial charge in [0.15, 0.2) is 6.29 Å². The molecule has 1 fully saturated rings. The van der Waals surface area contributed by atoms with Gasteiger partial charge >= 0.3 is 12.2 Å². The zero-order valence-electron chi connectivity index (χ0n) is 42.5. The molecular formula is C56H85NO11. The Balaban J connectivity index is 1.59. The Labute approximate surface area is 408 Å². The number of hydrogen-bond donors (Lipinski definition) is 2. The monoisotopic (exact) mass is 948 g/mol. The third kappa shape index (κ3) is 21.0. The number of unbranched alkanes of at least 4 members (excludes halogenated alkanes) is 11. The van der Waals surface area contributed by atoms with Crippen molar-refractivity contribution in [2.45, 2.75) is 213 Å². The van der Waals surface area contributed by atoms with Crippen molar-refractivity contribution in [3.63, 3.8) is 0 Å². The highest BCUT2D eigenvalue weighted by Gasteiger charge is 2.48. The number of rotatable bonds is 29. The third-order valence-corrected chi connectivity index (χ3v) is 12.0. The molecule has 0 bridgehead atoms. The number of carbonyl (C=O) groups excluding carboxylic acids is 2. The maximum Gasteiger partial charge on any atom is 0.420 e. The maximum absolute atomic E-state index is 14.1. The van der Waals surface area contributed by atoms with Gasteiger partial charge in [-0.3, -0.25) is 0 Å². The Hall–Kier alpha value is -3.88. The van der Waals surface area contributed by atoms with E-state index in [2.05, 4.69) is 6.92 Å². The van der Waals surface area contributed by atoms with Crippen LogP contribution in [0.4, 0.5) is 9.59 Å². The van der Waals surface area contributed by atoms with Gasteiger partial charge in [-0.2, -0.15) is 0 Å². The molecule has 0 spiro atoms. The van der Waals surface area contributed by atoms with E-state index in [0.29, 0.717) is 19.6 Å². The van der Waals surface area contributed by atoms with Crippen LogP contribution in [0.25, 0.3) is 0 Å². The van der Waals surface area contributed by atoms with E-state index in [1.165, 1.54) is 51.4 Å². The summed E-state index contributed by atoms with van der Waals surface area (Å²) in [7, 11) is 0. The first kappa shape index (κ1) is 56.7. The first-order valence-electron chi connectivity index (χ1n) is 25.4. The van der Waals surface area contributed by atoms with Crippen LogP contribution in [0, 0.1) is 5.92 Å². The minimum atomic E-state index is -1.63. The number of imide groups is 1. The van der Waals surface area contributed by atoms with E-state index in [1.807, 2.05) is 97.9 Å². The van der Waals surface area contributed by atoms with E-state index < -0.39 is 78.8 Å². The molecular weight excluding hydrogens is 863 g/mol. The van der Waals surface area contributed by atoms with Gasteiger partial charge in [0.2, 0.25) is 0 Å². The topological polar surface area (TPSA) is 142 Å². The molecule has 1 heterocycles. The standard InChI is InChI=1S/C56H85NO11/c1-9-10-11-12-13-14-15-16-17-18-19-29-36-47(58)49(59)46(57(53(60)67-55(3,4)5)54(61)68-56(6,7)8)40-65-52-42(2)50(63-38-44-32-25-21-26-33-44)51(64-39-45-34-27-22-28-35-45)48(66-52)41-62-37-43-30-23-20-24-31-43/h20-28,30-35,42,46-52,58-59H,9-19,29,36-41H2,1-8H3/t42-,46+,47-,48?,49-,50+,51-,52+/m1/s1.